The number of hydrogen-bond donors (Lipinski definition) is 2. The van der Waals surface area contributed by atoms with Crippen LogP contribution in [0.5, 0.6) is 0 Å². The first-order valence-electron chi connectivity index (χ1n) is 8.46. The van der Waals surface area contributed by atoms with Gasteiger partial charge in [0, 0.05) is 11.1 Å². The van der Waals surface area contributed by atoms with Gasteiger partial charge in [-0.3, -0.25) is 0 Å². The Bertz CT molecular complexity index is 694. The van der Waals surface area contributed by atoms with E-state index in [1.807, 2.05) is 18.2 Å². The predicted octanol–water partition coefficient (Wildman–Crippen LogP) is 0.350. The standard InChI is InChI=1S/C20H23N3/c1-17-6-2-3-8-19(17)15-22-10-12-23(13-11-22)16-20-9-5-4-7-18(20)14-21/h2-9H,10-13,15-16H2,1H3/p+2. The highest BCUT2D eigenvalue weighted by Gasteiger charge is 2.24. The molecular weight excluding hydrogens is 282 g/mol. The maximum absolute atomic E-state index is 9.22. The van der Waals surface area contributed by atoms with Crippen molar-refractivity contribution in [2.24, 2.45) is 0 Å². The third kappa shape index (κ3) is 3.98. The normalized spacial score (nSPS) is 20.9. The highest BCUT2D eigenvalue weighted by Crippen LogP contribution is 2.06. The summed E-state index contributed by atoms with van der Waals surface area (Å²) in [5, 5.41) is 9.22. The Morgan fingerprint density at radius 3 is 1.96 bits per heavy atom. The summed E-state index contributed by atoms with van der Waals surface area (Å²) < 4.78 is 0. The van der Waals surface area contributed by atoms with Gasteiger partial charge in [0.25, 0.3) is 0 Å². The third-order valence-electron chi connectivity index (χ3n) is 4.94. The zero-order chi connectivity index (χ0) is 16.1. The summed E-state index contributed by atoms with van der Waals surface area (Å²) >= 11 is 0. The van der Waals surface area contributed by atoms with Crippen molar-refractivity contribution < 1.29 is 9.80 Å². The van der Waals surface area contributed by atoms with Crippen LogP contribution in [0.25, 0.3) is 0 Å². The Labute approximate surface area is 138 Å². The highest BCUT2D eigenvalue weighted by molar-refractivity contribution is 5.36. The molecule has 3 nitrogen and oxygen atoms in total. The largest absolute Gasteiger partial charge is 0.322 e. The van der Waals surface area contributed by atoms with Crippen LogP contribution in [0.2, 0.25) is 0 Å². The first-order chi connectivity index (χ1) is 11.3. The van der Waals surface area contributed by atoms with E-state index < -0.39 is 0 Å². The van der Waals surface area contributed by atoms with Crippen molar-refractivity contribution in [1.82, 2.24) is 0 Å². The van der Waals surface area contributed by atoms with Crippen molar-refractivity contribution in [3.63, 3.8) is 0 Å². The summed E-state index contributed by atoms with van der Waals surface area (Å²) in [4.78, 5) is 3.28. The zero-order valence-electron chi connectivity index (χ0n) is 13.8. The lowest BCUT2D eigenvalue weighted by Crippen LogP contribution is -3.27. The number of piperazine rings is 1. The van der Waals surface area contributed by atoms with Crippen LogP contribution in [0, 0.1) is 18.3 Å². The molecule has 0 saturated carbocycles. The summed E-state index contributed by atoms with van der Waals surface area (Å²) in [6.07, 6.45) is 0. The molecule has 1 heterocycles. The van der Waals surface area contributed by atoms with Crippen LogP contribution in [0.15, 0.2) is 48.5 Å². The Kier molecular flexibility index (Phi) is 5.07. The molecule has 0 aliphatic carbocycles. The summed E-state index contributed by atoms with van der Waals surface area (Å²) in [5.41, 5.74) is 4.89. The number of hydrogen-bond acceptors (Lipinski definition) is 1. The monoisotopic (exact) mass is 307 g/mol. The van der Waals surface area contributed by atoms with Crippen molar-refractivity contribution in [3.05, 3.63) is 70.8 Å². The second-order valence-corrected chi connectivity index (χ2v) is 6.55. The average molecular weight is 307 g/mol. The molecule has 3 rings (SSSR count). The van der Waals surface area contributed by atoms with Gasteiger partial charge in [-0.25, -0.2) is 0 Å². The molecule has 0 bridgehead atoms. The molecule has 1 aliphatic heterocycles. The molecule has 0 unspecified atom stereocenters. The van der Waals surface area contributed by atoms with Gasteiger partial charge < -0.3 is 9.80 Å². The molecule has 0 atom stereocenters. The van der Waals surface area contributed by atoms with E-state index in [1.54, 1.807) is 9.80 Å². The van der Waals surface area contributed by atoms with E-state index in [0.29, 0.717) is 0 Å². The lowest BCUT2D eigenvalue weighted by Gasteiger charge is -2.30. The number of nitrogens with zero attached hydrogens (tertiary/aromatic N) is 1. The fraction of sp³-hybridized carbons (Fsp3) is 0.350. The summed E-state index contributed by atoms with van der Waals surface area (Å²) in [6, 6.07) is 19.0. The van der Waals surface area contributed by atoms with E-state index in [4.69, 9.17) is 0 Å². The second kappa shape index (κ2) is 7.41. The Morgan fingerprint density at radius 2 is 1.35 bits per heavy atom. The van der Waals surface area contributed by atoms with E-state index in [9.17, 15) is 5.26 Å². The number of nitrogens with one attached hydrogen (secondary N) is 2. The lowest BCUT2D eigenvalue weighted by atomic mass is 10.1. The SMILES string of the molecule is Cc1ccccc1C[NH+]1CC[NH+](Cc2ccccc2C#N)CC1. The van der Waals surface area contributed by atoms with E-state index in [1.165, 1.54) is 42.9 Å². The highest BCUT2D eigenvalue weighted by atomic mass is 15.3. The summed E-state index contributed by atoms with van der Waals surface area (Å²) in [7, 11) is 0. The van der Waals surface area contributed by atoms with Crippen LogP contribution in [-0.2, 0) is 13.1 Å². The molecule has 0 radical (unpaired) electrons. The van der Waals surface area contributed by atoms with E-state index >= 15 is 0 Å². The fourth-order valence-electron chi connectivity index (χ4n) is 3.44. The molecule has 0 aromatic heterocycles. The Balaban J connectivity index is 1.55. The minimum atomic E-state index is 0.828. The maximum Gasteiger partial charge on any atom is 0.127 e. The van der Waals surface area contributed by atoms with E-state index in [2.05, 4.69) is 43.3 Å². The van der Waals surface area contributed by atoms with Gasteiger partial charge in [0.05, 0.1) is 11.6 Å². The quantitative estimate of drug-likeness (QED) is 0.839. The van der Waals surface area contributed by atoms with Gasteiger partial charge in [-0.05, 0) is 18.6 Å². The minimum absolute atomic E-state index is 0.828. The van der Waals surface area contributed by atoms with Crippen LogP contribution in [0.3, 0.4) is 0 Å². The number of rotatable bonds is 4. The first kappa shape index (κ1) is 15.7. The third-order valence-corrected chi connectivity index (χ3v) is 4.94. The van der Waals surface area contributed by atoms with Gasteiger partial charge in [0.15, 0.2) is 0 Å². The molecule has 0 spiro atoms. The van der Waals surface area contributed by atoms with Crippen LogP contribution < -0.4 is 9.80 Å². The van der Waals surface area contributed by atoms with Crippen LogP contribution in [0.4, 0.5) is 0 Å². The molecule has 2 aromatic rings. The van der Waals surface area contributed by atoms with E-state index in [-0.39, 0.29) is 0 Å². The van der Waals surface area contributed by atoms with Crippen molar-refractivity contribution in [2.45, 2.75) is 20.0 Å². The molecule has 1 aliphatic rings. The zero-order valence-corrected chi connectivity index (χ0v) is 13.8. The summed E-state index contributed by atoms with van der Waals surface area (Å²) in [5.74, 6) is 0. The van der Waals surface area contributed by atoms with Gasteiger partial charge in [-0.1, -0.05) is 42.5 Å². The van der Waals surface area contributed by atoms with Gasteiger partial charge in [-0.2, -0.15) is 5.26 Å². The molecule has 1 saturated heterocycles. The van der Waals surface area contributed by atoms with Gasteiger partial charge >= 0.3 is 0 Å². The first-order valence-corrected chi connectivity index (χ1v) is 8.46. The molecular formula is C20H25N3+2. The van der Waals surface area contributed by atoms with Crippen molar-refractivity contribution >= 4 is 0 Å². The van der Waals surface area contributed by atoms with E-state index in [0.717, 1.165) is 18.7 Å². The molecule has 2 aromatic carbocycles. The second-order valence-electron chi connectivity index (χ2n) is 6.55. The topological polar surface area (TPSA) is 32.7 Å². The number of aryl methyl sites for hydroxylation is 1. The van der Waals surface area contributed by atoms with Crippen molar-refractivity contribution in [2.75, 3.05) is 26.2 Å². The smallest absolute Gasteiger partial charge is 0.127 e. The van der Waals surface area contributed by atoms with Crippen LogP contribution >= 0.6 is 0 Å². The molecule has 1 fully saturated rings. The maximum atomic E-state index is 9.22. The van der Waals surface area contributed by atoms with Gasteiger partial charge in [0.2, 0.25) is 0 Å². The molecule has 0 amide bonds. The number of nitriles is 1. The number of quaternary nitrogens is 2. The molecule has 118 valence electrons. The van der Waals surface area contributed by atoms with Crippen LogP contribution in [0.1, 0.15) is 22.3 Å². The van der Waals surface area contributed by atoms with Crippen molar-refractivity contribution in [1.29, 1.82) is 5.26 Å². The number of benzene rings is 2. The lowest BCUT2D eigenvalue weighted by molar-refractivity contribution is -1.02. The van der Waals surface area contributed by atoms with Crippen LogP contribution in [-0.4, -0.2) is 26.2 Å². The van der Waals surface area contributed by atoms with Gasteiger partial charge in [0.1, 0.15) is 39.3 Å². The Hall–Kier alpha value is -2.15. The van der Waals surface area contributed by atoms with Crippen molar-refractivity contribution in [3.8, 4) is 6.07 Å². The summed E-state index contributed by atoms with van der Waals surface area (Å²) in [6.45, 7) is 9.09. The van der Waals surface area contributed by atoms with Gasteiger partial charge in [-0.15, -0.1) is 0 Å². The Morgan fingerprint density at radius 1 is 0.826 bits per heavy atom. The molecule has 23 heavy (non-hydrogen) atoms. The average Bonchev–Trinajstić information content (AvgIpc) is 2.59. The fourth-order valence-corrected chi connectivity index (χ4v) is 3.44. The molecule has 3 heteroatoms. The molecule has 2 N–H and O–H groups in total. The minimum Gasteiger partial charge on any atom is -0.322 e. The predicted molar refractivity (Wildman–Crippen MR) is 91.1 cm³/mol.